The molecule has 0 radical (unpaired) electrons. The van der Waals surface area contributed by atoms with E-state index in [1.165, 1.54) is 6.20 Å². The summed E-state index contributed by atoms with van der Waals surface area (Å²) in [6, 6.07) is 17.1. The number of imidazole rings is 1. The molecule has 0 aliphatic rings. The van der Waals surface area contributed by atoms with Gasteiger partial charge in [0, 0.05) is 18.2 Å². The molecule has 0 atom stereocenters. The lowest BCUT2D eigenvalue weighted by atomic mass is 10.1. The molecule has 0 aliphatic heterocycles. The molecule has 0 saturated heterocycles. The zero-order chi connectivity index (χ0) is 19.7. The summed E-state index contributed by atoms with van der Waals surface area (Å²) in [7, 11) is 1.78. The van der Waals surface area contributed by atoms with Crippen LogP contribution < -0.4 is 4.90 Å². The zero-order valence-electron chi connectivity index (χ0n) is 14.8. The highest BCUT2D eigenvalue weighted by Gasteiger charge is 2.29. The number of amides is 2. The molecular formula is C20H14BrN5O2. The number of benzene rings is 2. The van der Waals surface area contributed by atoms with Crippen molar-refractivity contribution in [3.8, 4) is 0 Å². The summed E-state index contributed by atoms with van der Waals surface area (Å²) in [4.78, 5) is 40.3. The number of aryl methyl sites for hydroxylation is 1. The smallest absolute Gasteiger partial charge is 0.267 e. The molecule has 0 saturated carbocycles. The Labute approximate surface area is 168 Å². The number of anilines is 1. The average Bonchev–Trinajstić information content (AvgIpc) is 3.03. The van der Waals surface area contributed by atoms with Crippen molar-refractivity contribution in [1.29, 1.82) is 0 Å². The fourth-order valence-electron chi connectivity index (χ4n) is 2.75. The van der Waals surface area contributed by atoms with Crippen molar-refractivity contribution < 1.29 is 9.59 Å². The highest BCUT2D eigenvalue weighted by atomic mass is 79.9. The standard InChI is InChI=1S/C20H14BrN5O2/c1-25-16-15(23-19(25)21)12-22-20(24-16)26(17(27)13-8-4-2-5-9-13)18(28)14-10-6-3-7-11-14/h2-12H,1H3. The number of nitrogens with zero attached hydrogens (tertiary/aromatic N) is 5. The van der Waals surface area contributed by atoms with Crippen molar-refractivity contribution >= 4 is 44.9 Å². The number of imide groups is 1. The van der Waals surface area contributed by atoms with Crippen molar-refractivity contribution in [2.75, 3.05) is 4.90 Å². The van der Waals surface area contributed by atoms with E-state index in [1.807, 2.05) is 0 Å². The summed E-state index contributed by atoms with van der Waals surface area (Å²) in [5.74, 6) is -1.02. The molecule has 0 N–H and O–H groups in total. The van der Waals surface area contributed by atoms with Crippen molar-refractivity contribution in [2.24, 2.45) is 7.05 Å². The van der Waals surface area contributed by atoms with Gasteiger partial charge in [-0.05, 0) is 40.2 Å². The molecule has 0 spiro atoms. The summed E-state index contributed by atoms with van der Waals surface area (Å²) >= 11 is 3.34. The van der Waals surface area contributed by atoms with E-state index in [1.54, 1.807) is 72.3 Å². The summed E-state index contributed by atoms with van der Waals surface area (Å²) in [6.07, 6.45) is 1.49. The third kappa shape index (κ3) is 3.18. The molecule has 138 valence electrons. The average molecular weight is 436 g/mol. The zero-order valence-corrected chi connectivity index (χ0v) is 16.4. The molecule has 2 aromatic heterocycles. The van der Waals surface area contributed by atoms with Crippen LogP contribution in [0.4, 0.5) is 5.95 Å². The second-order valence-electron chi connectivity index (χ2n) is 6.00. The molecule has 2 amide bonds. The van der Waals surface area contributed by atoms with Gasteiger partial charge in [0.25, 0.3) is 11.8 Å². The molecule has 0 fully saturated rings. The van der Waals surface area contributed by atoms with Crippen LogP contribution >= 0.6 is 15.9 Å². The van der Waals surface area contributed by atoms with Gasteiger partial charge < -0.3 is 4.57 Å². The molecule has 4 rings (SSSR count). The highest BCUT2D eigenvalue weighted by Crippen LogP contribution is 2.21. The fraction of sp³-hybridized carbons (Fsp3) is 0.0500. The van der Waals surface area contributed by atoms with E-state index >= 15 is 0 Å². The molecule has 2 heterocycles. The molecule has 4 aromatic rings. The van der Waals surface area contributed by atoms with Gasteiger partial charge in [0.2, 0.25) is 5.95 Å². The Hall–Kier alpha value is -3.39. The SMILES string of the molecule is Cn1c(Br)nc2cnc(N(C(=O)c3ccccc3)C(=O)c3ccccc3)nc21. The van der Waals surface area contributed by atoms with Gasteiger partial charge in [-0.3, -0.25) is 9.59 Å². The molecule has 0 aliphatic carbocycles. The number of aromatic nitrogens is 4. The maximum absolute atomic E-state index is 13.2. The van der Waals surface area contributed by atoms with Crippen LogP contribution in [-0.2, 0) is 7.05 Å². The second-order valence-corrected chi connectivity index (χ2v) is 6.71. The number of carbonyl (C=O) groups is 2. The van der Waals surface area contributed by atoms with E-state index in [-0.39, 0.29) is 5.95 Å². The maximum atomic E-state index is 13.2. The Morgan fingerprint density at radius 2 is 1.43 bits per heavy atom. The van der Waals surface area contributed by atoms with E-state index in [2.05, 4.69) is 30.9 Å². The normalized spacial score (nSPS) is 10.8. The summed E-state index contributed by atoms with van der Waals surface area (Å²) in [6.45, 7) is 0. The first-order valence-corrected chi connectivity index (χ1v) is 9.19. The van der Waals surface area contributed by atoms with Crippen molar-refractivity contribution in [3.05, 3.63) is 82.7 Å². The second kappa shape index (κ2) is 7.32. The largest absolute Gasteiger partial charge is 0.306 e. The number of rotatable bonds is 3. The molecule has 2 aromatic carbocycles. The minimum absolute atomic E-state index is 0.00861. The number of hydrogen-bond acceptors (Lipinski definition) is 5. The summed E-state index contributed by atoms with van der Waals surface area (Å²) < 4.78 is 2.28. The van der Waals surface area contributed by atoms with Crippen LogP contribution in [0.1, 0.15) is 20.7 Å². The number of fused-ring (bicyclic) bond motifs is 1. The van der Waals surface area contributed by atoms with E-state index < -0.39 is 11.8 Å². The molecule has 8 heteroatoms. The predicted molar refractivity (Wildman–Crippen MR) is 108 cm³/mol. The van der Waals surface area contributed by atoms with Crippen LogP contribution in [0.5, 0.6) is 0 Å². The lowest BCUT2D eigenvalue weighted by molar-refractivity contribution is 0.0895. The Bertz CT molecular complexity index is 1120. The number of halogens is 1. The van der Waals surface area contributed by atoms with Crippen LogP contribution in [0, 0.1) is 0 Å². The first kappa shape index (κ1) is 18.0. The monoisotopic (exact) mass is 435 g/mol. The van der Waals surface area contributed by atoms with Crippen molar-refractivity contribution in [3.63, 3.8) is 0 Å². The number of carbonyl (C=O) groups excluding carboxylic acids is 2. The Kier molecular flexibility index (Phi) is 4.70. The van der Waals surface area contributed by atoms with Crippen molar-refractivity contribution in [1.82, 2.24) is 19.5 Å². The van der Waals surface area contributed by atoms with Crippen LogP contribution in [0.15, 0.2) is 71.6 Å². The minimum Gasteiger partial charge on any atom is -0.306 e. The van der Waals surface area contributed by atoms with Gasteiger partial charge >= 0.3 is 0 Å². The molecule has 0 unspecified atom stereocenters. The van der Waals surface area contributed by atoms with Crippen LogP contribution in [0.2, 0.25) is 0 Å². The van der Waals surface area contributed by atoms with Crippen LogP contribution in [0.3, 0.4) is 0 Å². The van der Waals surface area contributed by atoms with E-state index in [9.17, 15) is 9.59 Å². The maximum Gasteiger partial charge on any atom is 0.267 e. The first-order valence-electron chi connectivity index (χ1n) is 8.40. The van der Waals surface area contributed by atoms with Gasteiger partial charge in [0.15, 0.2) is 10.4 Å². The Morgan fingerprint density at radius 3 is 1.96 bits per heavy atom. The lowest BCUT2D eigenvalue weighted by Crippen LogP contribution is -2.38. The van der Waals surface area contributed by atoms with Gasteiger partial charge in [-0.15, -0.1) is 0 Å². The van der Waals surface area contributed by atoms with E-state index in [4.69, 9.17) is 0 Å². The Balaban J connectivity index is 1.86. The first-order chi connectivity index (χ1) is 13.6. The third-order valence-electron chi connectivity index (χ3n) is 4.19. The van der Waals surface area contributed by atoms with Gasteiger partial charge in [0.1, 0.15) is 5.52 Å². The molecule has 28 heavy (non-hydrogen) atoms. The van der Waals surface area contributed by atoms with Crippen LogP contribution in [-0.4, -0.2) is 31.3 Å². The van der Waals surface area contributed by atoms with Gasteiger partial charge in [-0.25, -0.2) is 14.9 Å². The highest BCUT2D eigenvalue weighted by molar-refractivity contribution is 9.10. The van der Waals surface area contributed by atoms with Gasteiger partial charge in [0.05, 0.1) is 6.20 Å². The predicted octanol–water partition coefficient (Wildman–Crippen LogP) is 3.61. The number of hydrogen-bond donors (Lipinski definition) is 0. The van der Waals surface area contributed by atoms with E-state index in [0.29, 0.717) is 27.0 Å². The van der Waals surface area contributed by atoms with Crippen molar-refractivity contribution in [2.45, 2.75) is 0 Å². The molecule has 0 bridgehead atoms. The van der Waals surface area contributed by atoms with E-state index in [0.717, 1.165) is 4.90 Å². The van der Waals surface area contributed by atoms with Gasteiger partial charge in [-0.2, -0.15) is 4.98 Å². The molecular weight excluding hydrogens is 422 g/mol. The minimum atomic E-state index is -0.505. The summed E-state index contributed by atoms with van der Waals surface area (Å²) in [5, 5.41) is 0. The topological polar surface area (TPSA) is 81.0 Å². The fourth-order valence-corrected chi connectivity index (χ4v) is 3.11. The summed E-state index contributed by atoms with van der Waals surface area (Å²) in [5.41, 5.74) is 1.78. The van der Waals surface area contributed by atoms with Crippen LogP contribution in [0.25, 0.3) is 11.2 Å². The quantitative estimate of drug-likeness (QED) is 0.362. The third-order valence-corrected chi connectivity index (χ3v) is 4.90. The molecule has 7 nitrogen and oxygen atoms in total. The van der Waals surface area contributed by atoms with Gasteiger partial charge in [-0.1, -0.05) is 36.4 Å². The Morgan fingerprint density at radius 1 is 0.893 bits per heavy atom. The lowest BCUT2D eigenvalue weighted by Gasteiger charge is -2.19.